The summed E-state index contributed by atoms with van der Waals surface area (Å²) in [4.78, 5) is 11.2. The zero-order valence-corrected chi connectivity index (χ0v) is 14.6. The Hall–Kier alpha value is -2.56. The van der Waals surface area contributed by atoms with E-state index in [1.807, 2.05) is 18.2 Å². The summed E-state index contributed by atoms with van der Waals surface area (Å²) in [6, 6.07) is 10.3. The summed E-state index contributed by atoms with van der Waals surface area (Å²) < 4.78 is 19.4. The first-order valence-corrected chi connectivity index (χ1v) is 8.28. The Morgan fingerprint density at radius 3 is 2.68 bits per heavy atom. The van der Waals surface area contributed by atoms with E-state index >= 15 is 0 Å². The Labute approximate surface area is 146 Å². The lowest BCUT2D eigenvalue weighted by atomic mass is 9.70. The van der Waals surface area contributed by atoms with Crippen molar-refractivity contribution in [3.05, 3.63) is 53.3 Å². The van der Waals surface area contributed by atoms with E-state index in [1.165, 1.54) is 13.2 Å². The van der Waals surface area contributed by atoms with Crippen molar-refractivity contribution < 1.29 is 19.0 Å². The summed E-state index contributed by atoms with van der Waals surface area (Å²) >= 11 is 0. The Kier molecular flexibility index (Phi) is 4.41. The van der Waals surface area contributed by atoms with Crippen LogP contribution in [0.15, 0.2) is 36.4 Å². The molecule has 2 N–H and O–H groups in total. The maximum Gasteiger partial charge on any atom is 0.405 e. The third kappa shape index (κ3) is 3.31. The second-order valence-electron chi connectivity index (χ2n) is 7.13. The maximum atomic E-state index is 14.4. The number of hydrogen-bond acceptors (Lipinski definition) is 2. The molecule has 0 unspecified atom stereocenters. The van der Waals surface area contributed by atoms with Gasteiger partial charge in [0.1, 0.15) is 11.6 Å². The molecule has 0 fully saturated rings. The third-order valence-electron chi connectivity index (χ3n) is 5.03. The van der Waals surface area contributed by atoms with Gasteiger partial charge in [0.25, 0.3) is 0 Å². The number of halogens is 1. The molecule has 0 aliphatic heterocycles. The molecule has 2 aromatic carbocycles. The molecule has 0 bridgehead atoms. The molecule has 25 heavy (non-hydrogen) atoms. The Balaban J connectivity index is 2.02. The number of rotatable bonds is 3. The van der Waals surface area contributed by atoms with E-state index in [1.54, 1.807) is 12.1 Å². The number of benzene rings is 2. The van der Waals surface area contributed by atoms with Gasteiger partial charge in [-0.1, -0.05) is 32.0 Å². The lowest BCUT2D eigenvalue weighted by Gasteiger charge is -2.40. The molecule has 0 radical (unpaired) electrons. The summed E-state index contributed by atoms with van der Waals surface area (Å²) in [6.45, 7) is 4.13. The van der Waals surface area contributed by atoms with E-state index in [2.05, 4.69) is 19.2 Å². The first-order valence-electron chi connectivity index (χ1n) is 8.28. The lowest BCUT2D eigenvalue weighted by Crippen LogP contribution is -2.40. The largest absolute Gasteiger partial charge is 0.497 e. The molecule has 1 aliphatic carbocycles. The Morgan fingerprint density at radius 1 is 1.28 bits per heavy atom. The summed E-state index contributed by atoms with van der Waals surface area (Å²) in [5.41, 5.74) is 3.16. The van der Waals surface area contributed by atoms with Crippen LogP contribution in [-0.2, 0) is 6.42 Å². The van der Waals surface area contributed by atoms with E-state index in [-0.39, 0.29) is 17.3 Å². The smallest absolute Gasteiger partial charge is 0.405 e. The van der Waals surface area contributed by atoms with E-state index in [0.717, 1.165) is 29.5 Å². The predicted octanol–water partition coefficient (Wildman–Crippen LogP) is 4.78. The van der Waals surface area contributed by atoms with Crippen molar-refractivity contribution in [2.24, 2.45) is 5.41 Å². The van der Waals surface area contributed by atoms with Gasteiger partial charge in [-0.15, -0.1) is 0 Å². The second kappa shape index (κ2) is 6.39. The van der Waals surface area contributed by atoms with Gasteiger partial charge in [0.2, 0.25) is 0 Å². The van der Waals surface area contributed by atoms with Crippen molar-refractivity contribution in [1.29, 1.82) is 0 Å². The first kappa shape index (κ1) is 17.3. The van der Waals surface area contributed by atoms with Crippen molar-refractivity contribution in [2.75, 3.05) is 7.11 Å². The van der Waals surface area contributed by atoms with Crippen LogP contribution in [0.4, 0.5) is 9.18 Å². The average Bonchev–Trinajstić information content (AvgIpc) is 2.57. The molecule has 1 atom stereocenters. The van der Waals surface area contributed by atoms with Gasteiger partial charge >= 0.3 is 6.09 Å². The van der Waals surface area contributed by atoms with Gasteiger partial charge in [-0.05, 0) is 47.1 Å². The molecular weight excluding hydrogens is 321 g/mol. The van der Waals surface area contributed by atoms with Crippen molar-refractivity contribution >= 4 is 6.09 Å². The van der Waals surface area contributed by atoms with E-state index in [4.69, 9.17) is 9.84 Å². The van der Waals surface area contributed by atoms with Gasteiger partial charge in [0, 0.05) is 11.6 Å². The third-order valence-corrected chi connectivity index (χ3v) is 5.03. The van der Waals surface area contributed by atoms with Gasteiger partial charge in [-0.3, -0.25) is 0 Å². The zero-order valence-electron chi connectivity index (χ0n) is 14.6. The highest BCUT2D eigenvalue weighted by Crippen LogP contribution is 2.44. The minimum atomic E-state index is -1.03. The van der Waals surface area contributed by atoms with Crippen LogP contribution in [0, 0.1) is 11.2 Å². The van der Waals surface area contributed by atoms with Crippen LogP contribution in [0.3, 0.4) is 0 Å². The van der Waals surface area contributed by atoms with Crippen molar-refractivity contribution in [1.82, 2.24) is 5.32 Å². The van der Waals surface area contributed by atoms with E-state index in [0.29, 0.717) is 11.3 Å². The first-order chi connectivity index (χ1) is 11.8. The van der Waals surface area contributed by atoms with Gasteiger partial charge < -0.3 is 15.2 Å². The number of nitrogens with one attached hydrogen (secondary N) is 1. The molecule has 0 spiro atoms. The molecule has 132 valence electrons. The molecule has 0 saturated carbocycles. The number of methoxy groups -OCH3 is 1. The highest BCUT2D eigenvalue weighted by molar-refractivity contribution is 5.68. The fourth-order valence-electron chi connectivity index (χ4n) is 3.55. The Bertz CT molecular complexity index is 817. The van der Waals surface area contributed by atoms with Crippen LogP contribution in [0.5, 0.6) is 5.75 Å². The van der Waals surface area contributed by atoms with Gasteiger partial charge in [0.05, 0.1) is 13.2 Å². The minimum absolute atomic E-state index is 0.168. The molecule has 0 heterocycles. The topological polar surface area (TPSA) is 58.6 Å². The fraction of sp³-hybridized carbons (Fsp3) is 0.350. The standard InChI is InChI=1S/C20H22FNO3/c1-20(2)9-8-13-10-12(4-6-16(13)18(20)22-19(23)24)15-7-5-14(25-3)11-17(15)21/h4-7,10-11,18,22H,8-9H2,1-3H3,(H,23,24)/t18-/m0/s1. The van der Waals surface area contributed by atoms with Crippen molar-refractivity contribution in [2.45, 2.75) is 32.7 Å². The normalized spacial score (nSPS) is 18.3. The van der Waals surface area contributed by atoms with Crippen molar-refractivity contribution in [3.8, 4) is 16.9 Å². The van der Waals surface area contributed by atoms with Gasteiger partial charge in [-0.25, -0.2) is 9.18 Å². The molecule has 5 heteroatoms. The maximum absolute atomic E-state index is 14.4. The minimum Gasteiger partial charge on any atom is -0.497 e. The van der Waals surface area contributed by atoms with Crippen LogP contribution < -0.4 is 10.1 Å². The van der Waals surface area contributed by atoms with E-state index in [9.17, 15) is 9.18 Å². The van der Waals surface area contributed by atoms with Gasteiger partial charge in [0.15, 0.2) is 0 Å². The van der Waals surface area contributed by atoms with Crippen LogP contribution in [-0.4, -0.2) is 18.3 Å². The van der Waals surface area contributed by atoms with Crippen LogP contribution in [0.25, 0.3) is 11.1 Å². The summed E-state index contributed by atoms with van der Waals surface area (Å²) in [6.07, 6.45) is 0.668. The molecule has 4 nitrogen and oxygen atoms in total. The SMILES string of the molecule is COc1ccc(-c2ccc3c(c2)CCC(C)(C)[C@H]3NC(=O)O)c(F)c1. The number of carbonyl (C=O) groups is 1. The van der Waals surface area contributed by atoms with E-state index < -0.39 is 6.09 Å². The lowest BCUT2D eigenvalue weighted by molar-refractivity contribution is 0.161. The number of carboxylic acid groups (broad SMARTS) is 1. The molecule has 0 saturated heterocycles. The average molecular weight is 343 g/mol. The van der Waals surface area contributed by atoms with Crippen LogP contribution in [0.2, 0.25) is 0 Å². The molecule has 0 aromatic heterocycles. The fourth-order valence-corrected chi connectivity index (χ4v) is 3.55. The zero-order chi connectivity index (χ0) is 18.2. The van der Waals surface area contributed by atoms with Crippen LogP contribution >= 0.6 is 0 Å². The summed E-state index contributed by atoms with van der Waals surface area (Å²) in [5, 5.41) is 11.8. The molecular formula is C20H22FNO3. The van der Waals surface area contributed by atoms with Gasteiger partial charge in [-0.2, -0.15) is 0 Å². The number of fused-ring (bicyclic) bond motifs is 1. The second-order valence-corrected chi connectivity index (χ2v) is 7.13. The highest BCUT2D eigenvalue weighted by atomic mass is 19.1. The monoisotopic (exact) mass is 343 g/mol. The molecule has 1 aliphatic rings. The molecule has 2 aromatic rings. The predicted molar refractivity (Wildman–Crippen MR) is 94.4 cm³/mol. The highest BCUT2D eigenvalue weighted by Gasteiger charge is 2.37. The number of aryl methyl sites for hydroxylation is 1. The number of ether oxygens (including phenoxy) is 1. The molecule has 3 rings (SSSR count). The molecule has 1 amide bonds. The number of hydrogen-bond donors (Lipinski definition) is 2. The summed E-state index contributed by atoms with van der Waals surface area (Å²) in [5.74, 6) is 0.141. The van der Waals surface area contributed by atoms with Crippen LogP contribution in [0.1, 0.15) is 37.4 Å². The summed E-state index contributed by atoms with van der Waals surface area (Å²) in [7, 11) is 1.50. The number of amides is 1. The van der Waals surface area contributed by atoms with Crippen molar-refractivity contribution in [3.63, 3.8) is 0 Å². The quantitative estimate of drug-likeness (QED) is 0.843. The Morgan fingerprint density at radius 2 is 2.04 bits per heavy atom.